The van der Waals surface area contributed by atoms with Crippen molar-refractivity contribution in [1.29, 1.82) is 0 Å². The minimum atomic E-state index is -0.0785. The van der Waals surface area contributed by atoms with Crippen molar-refractivity contribution in [3.63, 3.8) is 0 Å². The zero-order chi connectivity index (χ0) is 29.1. The molecule has 206 valence electrons. The van der Waals surface area contributed by atoms with Gasteiger partial charge in [-0.1, -0.05) is 125 Å². The third-order valence-electron chi connectivity index (χ3n) is 10.3. The average Bonchev–Trinajstić information content (AvgIpc) is 3.68. The van der Waals surface area contributed by atoms with E-state index >= 15 is 0 Å². The maximum absolute atomic E-state index is 6.61. The number of benzene rings is 6. The monoisotopic (exact) mass is 552 g/mol. The zero-order valence-electron chi connectivity index (χ0n) is 25.0. The molecule has 9 rings (SSSR count). The molecule has 2 aliphatic carbocycles. The first-order valence-corrected chi connectivity index (χ1v) is 15.3. The Labute approximate surface area is 252 Å². The second-order valence-corrected chi connectivity index (χ2v) is 13.4. The predicted molar refractivity (Wildman–Crippen MR) is 180 cm³/mol. The summed E-state index contributed by atoms with van der Waals surface area (Å²) in [6.45, 7) is 9.38. The normalized spacial score (nSPS) is 15.3. The van der Waals surface area contributed by atoms with Crippen LogP contribution in [0.4, 0.5) is 0 Å². The molecule has 0 atom stereocenters. The van der Waals surface area contributed by atoms with Gasteiger partial charge in [0.25, 0.3) is 0 Å². The largest absolute Gasteiger partial charge is 0.456 e. The second-order valence-electron chi connectivity index (χ2n) is 13.4. The zero-order valence-corrected chi connectivity index (χ0v) is 25.0. The summed E-state index contributed by atoms with van der Waals surface area (Å²) in [5, 5.41) is 5.24. The van der Waals surface area contributed by atoms with E-state index in [0.717, 1.165) is 22.6 Å². The summed E-state index contributed by atoms with van der Waals surface area (Å²) in [4.78, 5) is 0. The van der Waals surface area contributed by atoms with Gasteiger partial charge in [-0.15, -0.1) is 0 Å². The highest BCUT2D eigenvalue weighted by atomic mass is 16.3. The van der Waals surface area contributed by atoms with Crippen LogP contribution in [0, 0.1) is 0 Å². The summed E-state index contributed by atoms with van der Waals surface area (Å²) < 4.78 is 6.61. The van der Waals surface area contributed by atoms with E-state index in [9.17, 15) is 0 Å². The van der Waals surface area contributed by atoms with Crippen LogP contribution >= 0.6 is 0 Å². The highest BCUT2D eigenvalue weighted by Crippen LogP contribution is 2.54. The minimum Gasteiger partial charge on any atom is -0.456 e. The number of hydrogen-bond donors (Lipinski definition) is 0. The van der Waals surface area contributed by atoms with Gasteiger partial charge in [-0.05, 0) is 90.3 Å². The summed E-state index contributed by atoms with van der Waals surface area (Å²) in [6.07, 6.45) is 0. The first-order valence-electron chi connectivity index (χ1n) is 15.3. The smallest absolute Gasteiger partial charge is 0.134 e. The number of furan rings is 1. The first kappa shape index (κ1) is 24.7. The Morgan fingerprint density at radius 1 is 0.419 bits per heavy atom. The topological polar surface area (TPSA) is 13.1 Å². The van der Waals surface area contributed by atoms with Gasteiger partial charge in [-0.3, -0.25) is 0 Å². The molecule has 1 aromatic heterocycles. The third-order valence-corrected chi connectivity index (χ3v) is 10.3. The summed E-state index contributed by atoms with van der Waals surface area (Å²) >= 11 is 0. The maximum atomic E-state index is 6.61. The summed E-state index contributed by atoms with van der Waals surface area (Å²) in [5.41, 5.74) is 13.0. The van der Waals surface area contributed by atoms with Gasteiger partial charge in [-0.25, -0.2) is 0 Å². The lowest BCUT2D eigenvalue weighted by atomic mass is 9.81. The summed E-state index contributed by atoms with van der Waals surface area (Å²) in [5.74, 6) is 1.81. The van der Waals surface area contributed by atoms with Gasteiger partial charge in [-0.2, -0.15) is 0 Å². The van der Waals surface area contributed by atoms with Crippen LogP contribution in [0.25, 0.3) is 66.4 Å². The van der Waals surface area contributed by atoms with Crippen LogP contribution in [0.2, 0.25) is 0 Å². The molecule has 0 N–H and O–H groups in total. The lowest BCUT2D eigenvalue weighted by molar-refractivity contribution is 0.596. The standard InChI is InChI=1S/C42H32O/c1-41(2)33-19-15-25-9-5-7-11-29(25)39(33)31-17-13-27(23-35(31)41)37-21-22-38(43-37)28-14-18-32-36(24-28)42(3,4)34-20-16-26-10-6-8-12-30(26)40(32)34/h5-24H,1-4H3. The van der Waals surface area contributed by atoms with Crippen LogP contribution in [0.15, 0.2) is 126 Å². The molecule has 0 radical (unpaired) electrons. The van der Waals surface area contributed by atoms with E-state index in [4.69, 9.17) is 4.42 Å². The van der Waals surface area contributed by atoms with Gasteiger partial charge < -0.3 is 4.42 Å². The lowest BCUT2D eigenvalue weighted by Gasteiger charge is -2.22. The predicted octanol–water partition coefficient (Wildman–Crippen LogP) is 11.5. The molecule has 2 aliphatic rings. The van der Waals surface area contributed by atoms with E-state index < -0.39 is 0 Å². The van der Waals surface area contributed by atoms with Crippen molar-refractivity contribution >= 4 is 21.5 Å². The molecule has 0 fully saturated rings. The SMILES string of the molecule is CC1(C)c2cc(-c3ccc(-c4ccc5c(c4)C(C)(C)c4ccc6ccccc6c4-5)o3)ccc2-c2c1ccc1ccccc21. The van der Waals surface area contributed by atoms with Crippen LogP contribution in [-0.4, -0.2) is 0 Å². The molecule has 0 spiro atoms. The fraction of sp³-hybridized carbons (Fsp3) is 0.143. The van der Waals surface area contributed by atoms with Gasteiger partial charge in [0, 0.05) is 22.0 Å². The number of rotatable bonds is 2. The Morgan fingerprint density at radius 2 is 0.860 bits per heavy atom. The molecule has 6 aromatic carbocycles. The van der Waals surface area contributed by atoms with Crippen LogP contribution in [0.3, 0.4) is 0 Å². The number of hydrogen-bond acceptors (Lipinski definition) is 1. The molecule has 1 heteroatoms. The van der Waals surface area contributed by atoms with E-state index in [1.54, 1.807) is 0 Å². The summed E-state index contributed by atoms with van der Waals surface area (Å²) in [7, 11) is 0. The molecular formula is C42H32O. The van der Waals surface area contributed by atoms with Crippen molar-refractivity contribution in [2.45, 2.75) is 38.5 Å². The van der Waals surface area contributed by atoms with Crippen LogP contribution in [0.5, 0.6) is 0 Å². The van der Waals surface area contributed by atoms with Crippen molar-refractivity contribution in [2.24, 2.45) is 0 Å². The van der Waals surface area contributed by atoms with Crippen LogP contribution < -0.4 is 0 Å². The van der Waals surface area contributed by atoms with Gasteiger partial charge in [0.1, 0.15) is 11.5 Å². The molecule has 0 saturated heterocycles. The highest BCUT2D eigenvalue weighted by Gasteiger charge is 2.38. The minimum absolute atomic E-state index is 0.0785. The van der Waals surface area contributed by atoms with Crippen molar-refractivity contribution in [1.82, 2.24) is 0 Å². The van der Waals surface area contributed by atoms with Crippen molar-refractivity contribution in [2.75, 3.05) is 0 Å². The van der Waals surface area contributed by atoms with Gasteiger partial charge in [0.15, 0.2) is 0 Å². The Kier molecular flexibility index (Phi) is 4.80. The molecule has 0 unspecified atom stereocenters. The second kappa shape index (κ2) is 8.36. The molecule has 0 bridgehead atoms. The fourth-order valence-corrected chi connectivity index (χ4v) is 7.97. The average molecular weight is 553 g/mol. The van der Waals surface area contributed by atoms with Gasteiger partial charge in [0.2, 0.25) is 0 Å². The third kappa shape index (κ3) is 3.28. The molecule has 7 aromatic rings. The van der Waals surface area contributed by atoms with E-state index in [2.05, 4.69) is 149 Å². The Balaban J connectivity index is 1.12. The first-order chi connectivity index (χ1) is 20.8. The summed E-state index contributed by atoms with van der Waals surface area (Å²) in [6, 6.07) is 44.6. The van der Waals surface area contributed by atoms with E-state index in [-0.39, 0.29) is 10.8 Å². The van der Waals surface area contributed by atoms with E-state index in [1.165, 1.54) is 66.1 Å². The molecule has 0 aliphatic heterocycles. The Bertz CT molecular complexity index is 2130. The molecule has 0 amide bonds. The molecule has 1 heterocycles. The highest BCUT2D eigenvalue weighted by molar-refractivity contribution is 6.04. The molecule has 0 saturated carbocycles. The van der Waals surface area contributed by atoms with Gasteiger partial charge >= 0.3 is 0 Å². The Hall–Kier alpha value is -4.88. The Morgan fingerprint density at radius 3 is 1.33 bits per heavy atom. The van der Waals surface area contributed by atoms with Crippen molar-refractivity contribution in [3.05, 3.63) is 144 Å². The molecular weight excluding hydrogens is 520 g/mol. The maximum Gasteiger partial charge on any atom is 0.134 e. The van der Waals surface area contributed by atoms with Crippen molar-refractivity contribution in [3.8, 4) is 44.9 Å². The number of fused-ring (bicyclic) bond motifs is 10. The van der Waals surface area contributed by atoms with Crippen LogP contribution in [-0.2, 0) is 10.8 Å². The molecule has 1 nitrogen and oxygen atoms in total. The lowest BCUT2D eigenvalue weighted by Crippen LogP contribution is -2.15. The van der Waals surface area contributed by atoms with Crippen molar-refractivity contribution < 1.29 is 4.42 Å². The quantitative estimate of drug-likeness (QED) is 0.208. The fourth-order valence-electron chi connectivity index (χ4n) is 7.97. The van der Waals surface area contributed by atoms with Crippen LogP contribution in [0.1, 0.15) is 49.9 Å². The molecule has 43 heavy (non-hydrogen) atoms. The van der Waals surface area contributed by atoms with E-state index in [0.29, 0.717) is 0 Å². The van der Waals surface area contributed by atoms with E-state index in [1.807, 2.05) is 0 Å². The van der Waals surface area contributed by atoms with Gasteiger partial charge in [0.05, 0.1) is 0 Å².